The van der Waals surface area contributed by atoms with E-state index in [2.05, 4.69) is 10.6 Å². The second-order valence-electron chi connectivity index (χ2n) is 6.59. The van der Waals surface area contributed by atoms with E-state index in [-0.39, 0.29) is 23.9 Å². The van der Waals surface area contributed by atoms with Crippen LogP contribution in [0.1, 0.15) is 25.7 Å². The van der Waals surface area contributed by atoms with Gasteiger partial charge in [-0.05, 0) is 25.7 Å². The lowest BCUT2D eigenvalue weighted by Crippen LogP contribution is -2.56. The number of hydrogen-bond donors (Lipinski definition) is 2. The van der Waals surface area contributed by atoms with E-state index in [0.29, 0.717) is 39.0 Å². The topological polar surface area (TPSA) is 91.0 Å². The van der Waals surface area contributed by atoms with Crippen molar-refractivity contribution in [1.29, 1.82) is 0 Å². The average molecular weight is 324 g/mol. The lowest BCUT2D eigenvalue weighted by molar-refractivity contribution is -0.132. The van der Waals surface area contributed by atoms with E-state index in [4.69, 9.17) is 4.74 Å². The van der Waals surface area contributed by atoms with Crippen molar-refractivity contribution in [3.8, 4) is 0 Å². The summed E-state index contributed by atoms with van der Waals surface area (Å²) in [5, 5.41) is 5.70. The van der Waals surface area contributed by atoms with Gasteiger partial charge in [-0.15, -0.1) is 0 Å². The summed E-state index contributed by atoms with van der Waals surface area (Å²) in [5.74, 6) is -0.180. The van der Waals surface area contributed by atoms with Gasteiger partial charge in [0.15, 0.2) is 0 Å². The number of amides is 4. The average Bonchev–Trinajstić information content (AvgIpc) is 3.12. The van der Waals surface area contributed by atoms with Crippen LogP contribution >= 0.6 is 0 Å². The molecule has 0 aliphatic carbocycles. The van der Waals surface area contributed by atoms with Gasteiger partial charge in [-0.2, -0.15) is 0 Å². The van der Waals surface area contributed by atoms with Gasteiger partial charge in [-0.25, -0.2) is 4.79 Å². The Hall–Kier alpha value is -1.67. The lowest BCUT2D eigenvalue weighted by atomic mass is 9.87. The number of urea groups is 1. The van der Waals surface area contributed by atoms with Crippen molar-refractivity contribution in [3.05, 3.63) is 0 Å². The van der Waals surface area contributed by atoms with E-state index in [1.54, 1.807) is 0 Å². The molecule has 3 saturated heterocycles. The Morgan fingerprint density at radius 2 is 2.13 bits per heavy atom. The predicted octanol–water partition coefficient (Wildman–Crippen LogP) is -0.702. The second kappa shape index (κ2) is 6.45. The number of ether oxygens (including phenoxy) is 1. The summed E-state index contributed by atoms with van der Waals surface area (Å²) in [6.07, 6.45) is 3.29. The molecule has 8 nitrogen and oxygen atoms in total. The van der Waals surface area contributed by atoms with E-state index >= 15 is 0 Å². The quantitative estimate of drug-likeness (QED) is 0.667. The monoisotopic (exact) mass is 324 g/mol. The fraction of sp³-hybridized carbons (Fsp3) is 0.800. The Balaban J connectivity index is 1.43. The van der Waals surface area contributed by atoms with Gasteiger partial charge in [0.2, 0.25) is 5.91 Å². The second-order valence-corrected chi connectivity index (χ2v) is 6.59. The lowest BCUT2D eigenvalue weighted by Gasteiger charge is -2.36. The van der Waals surface area contributed by atoms with Crippen molar-refractivity contribution >= 4 is 17.8 Å². The molecule has 23 heavy (non-hydrogen) atoms. The summed E-state index contributed by atoms with van der Waals surface area (Å²) < 4.78 is 5.48. The van der Waals surface area contributed by atoms with Crippen molar-refractivity contribution < 1.29 is 19.1 Å². The third-order valence-corrected chi connectivity index (χ3v) is 4.99. The smallest absolute Gasteiger partial charge is 0.324 e. The van der Waals surface area contributed by atoms with Crippen LogP contribution in [0.3, 0.4) is 0 Å². The van der Waals surface area contributed by atoms with Crippen molar-refractivity contribution in [1.82, 2.24) is 20.4 Å². The number of likely N-dealkylation sites (N-methyl/N-ethyl adjacent to an activating group) is 1. The maximum Gasteiger partial charge on any atom is 0.324 e. The predicted molar refractivity (Wildman–Crippen MR) is 81.7 cm³/mol. The van der Waals surface area contributed by atoms with E-state index in [0.717, 1.165) is 24.3 Å². The number of hydrogen-bond acceptors (Lipinski definition) is 5. The molecule has 3 fully saturated rings. The molecule has 3 rings (SSSR count). The largest absolute Gasteiger partial charge is 0.376 e. The van der Waals surface area contributed by atoms with E-state index < -0.39 is 5.54 Å². The first kappa shape index (κ1) is 16.2. The summed E-state index contributed by atoms with van der Waals surface area (Å²) >= 11 is 0. The number of piperidine rings is 1. The Morgan fingerprint density at radius 1 is 1.39 bits per heavy atom. The fourth-order valence-corrected chi connectivity index (χ4v) is 3.48. The third-order valence-electron chi connectivity index (χ3n) is 4.99. The number of nitrogens with one attached hydrogen (secondary N) is 2. The Labute approximate surface area is 135 Å². The summed E-state index contributed by atoms with van der Waals surface area (Å²) in [5.41, 5.74) is -0.767. The first-order valence-electron chi connectivity index (χ1n) is 8.21. The zero-order valence-corrected chi connectivity index (χ0v) is 13.5. The minimum absolute atomic E-state index is 0.0182. The SMILES string of the molecule is CN1C(=O)NC2(CCN(CC(=O)NC[C@H]3CCCO3)CC2)C1=O. The molecule has 0 aromatic rings. The molecular formula is C15H24N4O4. The molecule has 3 aliphatic heterocycles. The maximum absolute atomic E-state index is 12.2. The van der Waals surface area contributed by atoms with Crippen LogP contribution in [0.2, 0.25) is 0 Å². The molecule has 1 spiro atoms. The van der Waals surface area contributed by atoms with E-state index in [9.17, 15) is 14.4 Å². The molecule has 8 heteroatoms. The van der Waals surface area contributed by atoms with Crippen LogP contribution in [-0.2, 0) is 14.3 Å². The van der Waals surface area contributed by atoms with Crippen LogP contribution in [0.4, 0.5) is 4.79 Å². The number of imide groups is 1. The first-order valence-corrected chi connectivity index (χ1v) is 8.21. The highest BCUT2D eigenvalue weighted by Crippen LogP contribution is 2.28. The van der Waals surface area contributed by atoms with Gasteiger partial charge in [0.1, 0.15) is 5.54 Å². The molecule has 1 atom stereocenters. The molecule has 2 N–H and O–H groups in total. The Kier molecular flexibility index (Phi) is 4.54. The van der Waals surface area contributed by atoms with Crippen molar-refractivity contribution in [3.63, 3.8) is 0 Å². The van der Waals surface area contributed by atoms with Crippen LogP contribution < -0.4 is 10.6 Å². The molecule has 3 aliphatic rings. The van der Waals surface area contributed by atoms with Crippen LogP contribution in [0.5, 0.6) is 0 Å². The Morgan fingerprint density at radius 3 is 2.70 bits per heavy atom. The first-order chi connectivity index (χ1) is 11.0. The van der Waals surface area contributed by atoms with Gasteiger partial charge in [0.25, 0.3) is 5.91 Å². The Bertz CT molecular complexity index is 496. The number of carbonyl (C=O) groups is 3. The highest BCUT2D eigenvalue weighted by Gasteiger charge is 2.50. The molecule has 0 radical (unpaired) electrons. The highest BCUT2D eigenvalue weighted by atomic mass is 16.5. The number of rotatable bonds is 4. The molecule has 0 aromatic heterocycles. The highest BCUT2D eigenvalue weighted by molar-refractivity contribution is 6.06. The molecule has 4 amide bonds. The van der Waals surface area contributed by atoms with Gasteiger partial charge >= 0.3 is 6.03 Å². The van der Waals surface area contributed by atoms with Crippen LogP contribution in [-0.4, -0.2) is 79.1 Å². The van der Waals surface area contributed by atoms with E-state index in [1.165, 1.54) is 7.05 Å². The molecule has 0 bridgehead atoms. The molecular weight excluding hydrogens is 300 g/mol. The summed E-state index contributed by atoms with van der Waals surface area (Å²) in [6.45, 7) is 2.90. The van der Waals surface area contributed by atoms with Crippen molar-refractivity contribution in [2.24, 2.45) is 0 Å². The molecule has 0 saturated carbocycles. The van der Waals surface area contributed by atoms with Crippen LogP contribution in [0.25, 0.3) is 0 Å². The maximum atomic E-state index is 12.2. The summed E-state index contributed by atoms with van der Waals surface area (Å²) in [7, 11) is 1.50. The zero-order chi connectivity index (χ0) is 16.4. The minimum Gasteiger partial charge on any atom is -0.376 e. The van der Waals surface area contributed by atoms with Crippen LogP contribution in [0, 0.1) is 0 Å². The summed E-state index contributed by atoms with van der Waals surface area (Å²) in [6, 6.07) is -0.335. The third kappa shape index (κ3) is 3.32. The fourth-order valence-electron chi connectivity index (χ4n) is 3.48. The van der Waals surface area contributed by atoms with E-state index in [1.807, 2.05) is 4.90 Å². The van der Waals surface area contributed by atoms with Gasteiger partial charge in [0.05, 0.1) is 12.6 Å². The molecule has 0 aromatic carbocycles. The molecule has 128 valence electrons. The van der Waals surface area contributed by atoms with Crippen LogP contribution in [0.15, 0.2) is 0 Å². The van der Waals surface area contributed by atoms with Gasteiger partial charge in [-0.1, -0.05) is 0 Å². The molecule has 3 heterocycles. The normalized spacial score (nSPS) is 27.5. The van der Waals surface area contributed by atoms with Crippen molar-refractivity contribution in [2.75, 3.05) is 39.8 Å². The van der Waals surface area contributed by atoms with Gasteiger partial charge in [-0.3, -0.25) is 19.4 Å². The molecule has 0 unspecified atom stereocenters. The minimum atomic E-state index is -0.767. The zero-order valence-electron chi connectivity index (χ0n) is 13.5. The standard InChI is InChI=1S/C15H24N4O4/c1-18-13(21)15(17-14(18)22)4-6-19(7-5-15)10-12(20)16-9-11-3-2-8-23-11/h11H,2-10H2,1H3,(H,16,20)(H,17,22)/t11-/m1/s1. The van der Waals surface area contributed by atoms with Crippen molar-refractivity contribution in [2.45, 2.75) is 37.3 Å². The number of carbonyl (C=O) groups excluding carboxylic acids is 3. The number of nitrogens with zero attached hydrogens (tertiary/aromatic N) is 2. The van der Waals surface area contributed by atoms with Gasteiger partial charge in [0, 0.05) is 33.3 Å². The summed E-state index contributed by atoms with van der Waals surface area (Å²) in [4.78, 5) is 39.0. The number of likely N-dealkylation sites (tertiary alicyclic amines) is 1. The van der Waals surface area contributed by atoms with Gasteiger partial charge < -0.3 is 15.4 Å².